The molecule has 0 radical (unpaired) electrons. The van der Waals surface area contributed by atoms with Crippen molar-refractivity contribution < 1.29 is 9.18 Å². The molecular formula is C12H9BrFNO. The van der Waals surface area contributed by atoms with Crippen molar-refractivity contribution in [2.75, 3.05) is 0 Å². The minimum atomic E-state index is -0.490. The Hall–Kier alpha value is -1.42. The summed E-state index contributed by atoms with van der Waals surface area (Å²) in [4.78, 5) is 14.5. The molecule has 16 heavy (non-hydrogen) atoms. The van der Waals surface area contributed by atoms with Gasteiger partial charge in [-0.15, -0.1) is 0 Å². The van der Waals surface area contributed by atoms with Crippen LogP contribution in [0.15, 0.2) is 34.8 Å². The topological polar surface area (TPSA) is 32.9 Å². The number of nitrogens with one attached hydrogen (secondary N) is 1. The highest BCUT2D eigenvalue weighted by Gasteiger charge is 2.14. The van der Waals surface area contributed by atoms with Crippen molar-refractivity contribution in [3.8, 4) is 0 Å². The second-order valence-corrected chi connectivity index (χ2v) is 4.41. The van der Waals surface area contributed by atoms with Crippen LogP contribution in [-0.2, 0) is 0 Å². The summed E-state index contributed by atoms with van der Waals surface area (Å²) in [5.74, 6) is -0.671. The zero-order valence-electron chi connectivity index (χ0n) is 8.55. The maximum absolute atomic E-state index is 12.9. The fraction of sp³-hybridized carbons (Fsp3) is 0.0833. The van der Waals surface area contributed by atoms with Crippen LogP contribution < -0.4 is 0 Å². The summed E-state index contributed by atoms with van der Waals surface area (Å²) < 4.78 is 13.8. The number of aromatic nitrogens is 1. The molecule has 1 heterocycles. The van der Waals surface area contributed by atoms with Crippen LogP contribution in [0.3, 0.4) is 0 Å². The van der Waals surface area contributed by atoms with Crippen molar-refractivity contribution in [1.29, 1.82) is 0 Å². The van der Waals surface area contributed by atoms with Crippen molar-refractivity contribution in [2.45, 2.75) is 6.92 Å². The quantitative estimate of drug-likeness (QED) is 0.841. The van der Waals surface area contributed by atoms with Gasteiger partial charge >= 0.3 is 0 Å². The Bertz CT molecular complexity index is 548. The average Bonchev–Trinajstić information content (AvgIpc) is 2.57. The van der Waals surface area contributed by atoms with Crippen molar-refractivity contribution >= 4 is 21.7 Å². The molecule has 4 heteroatoms. The lowest BCUT2D eigenvalue weighted by Gasteiger charge is -2.00. The standard InChI is InChI=1S/C12H9BrFNO/c1-7-10(6-11(14)15-7)12(16)8-3-2-4-9(13)5-8/h2-6,15H,1H3. The average molecular weight is 282 g/mol. The van der Waals surface area contributed by atoms with Crippen LogP contribution in [0.5, 0.6) is 0 Å². The SMILES string of the molecule is Cc1[nH]c(F)cc1C(=O)c1cccc(Br)c1. The predicted molar refractivity (Wildman–Crippen MR) is 63.1 cm³/mol. The summed E-state index contributed by atoms with van der Waals surface area (Å²) in [6, 6.07) is 8.25. The Morgan fingerprint density at radius 2 is 2.12 bits per heavy atom. The second kappa shape index (κ2) is 4.22. The van der Waals surface area contributed by atoms with Gasteiger partial charge in [0.25, 0.3) is 0 Å². The third-order valence-electron chi connectivity index (χ3n) is 2.31. The highest BCUT2D eigenvalue weighted by molar-refractivity contribution is 9.10. The van der Waals surface area contributed by atoms with Gasteiger partial charge in [-0.25, -0.2) is 0 Å². The highest BCUT2D eigenvalue weighted by Crippen LogP contribution is 2.18. The summed E-state index contributed by atoms with van der Waals surface area (Å²) in [5, 5.41) is 0. The van der Waals surface area contributed by atoms with Gasteiger partial charge in [-0.05, 0) is 19.1 Å². The number of halogens is 2. The van der Waals surface area contributed by atoms with Gasteiger partial charge in [0.2, 0.25) is 0 Å². The Kier molecular flexibility index (Phi) is 2.92. The molecule has 1 N–H and O–H groups in total. The molecule has 0 saturated carbocycles. The lowest BCUT2D eigenvalue weighted by atomic mass is 10.0. The highest BCUT2D eigenvalue weighted by atomic mass is 79.9. The van der Waals surface area contributed by atoms with E-state index in [1.165, 1.54) is 6.07 Å². The van der Waals surface area contributed by atoms with E-state index in [1.807, 2.05) is 6.07 Å². The molecule has 0 amide bonds. The number of H-pyrrole nitrogens is 1. The van der Waals surface area contributed by atoms with Crippen molar-refractivity contribution in [3.05, 3.63) is 57.6 Å². The minimum absolute atomic E-state index is 0.182. The third-order valence-corrected chi connectivity index (χ3v) is 2.81. The summed E-state index contributed by atoms with van der Waals surface area (Å²) in [6.07, 6.45) is 0. The lowest BCUT2D eigenvalue weighted by molar-refractivity contribution is 0.103. The number of carbonyl (C=O) groups is 1. The first-order chi connectivity index (χ1) is 7.58. The molecule has 2 rings (SSSR count). The van der Waals surface area contributed by atoms with Crippen molar-refractivity contribution in [2.24, 2.45) is 0 Å². The Morgan fingerprint density at radius 1 is 1.38 bits per heavy atom. The van der Waals surface area contributed by atoms with E-state index in [-0.39, 0.29) is 5.78 Å². The van der Waals surface area contributed by atoms with Crippen molar-refractivity contribution in [1.82, 2.24) is 4.98 Å². The van der Waals surface area contributed by atoms with Gasteiger partial charge in [-0.3, -0.25) is 4.79 Å². The number of carbonyl (C=O) groups excluding carboxylic acids is 1. The first kappa shape index (κ1) is 11.1. The molecule has 0 spiro atoms. The largest absolute Gasteiger partial charge is 0.335 e. The van der Waals surface area contributed by atoms with Crippen LogP contribution in [0.4, 0.5) is 4.39 Å². The fourth-order valence-corrected chi connectivity index (χ4v) is 1.94. The first-order valence-electron chi connectivity index (χ1n) is 4.73. The molecule has 1 aromatic carbocycles. The fourth-order valence-electron chi connectivity index (χ4n) is 1.54. The number of hydrogen-bond donors (Lipinski definition) is 1. The molecular weight excluding hydrogens is 273 g/mol. The van der Waals surface area contributed by atoms with E-state index in [0.717, 1.165) is 4.47 Å². The monoisotopic (exact) mass is 281 g/mol. The summed E-state index contributed by atoms with van der Waals surface area (Å²) in [5.41, 5.74) is 1.45. The van der Waals surface area contributed by atoms with Crippen LogP contribution in [-0.4, -0.2) is 10.8 Å². The normalized spacial score (nSPS) is 10.4. The van der Waals surface area contributed by atoms with Crippen LogP contribution >= 0.6 is 15.9 Å². The van der Waals surface area contributed by atoms with Gasteiger partial charge in [0.05, 0.1) is 0 Å². The smallest absolute Gasteiger partial charge is 0.194 e. The number of aromatic amines is 1. The molecule has 0 unspecified atom stereocenters. The summed E-state index contributed by atoms with van der Waals surface area (Å²) in [6.45, 7) is 1.67. The summed E-state index contributed by atoms with van der Waals surface area (Å²) in [7, 11) is 0. The van der Waals surface area contributed by atoms with Gasteiger partial charge in [0.15, 0.2) is 11.7 Å². The predicted octanol–water partition coefficient (Wildman–Crippen LogP) is 3.46. The lowest BCUT2D eigenvalue weighted by Crippen LogP contribution is -2.01. The van der Waals surface area contributed by atoms with E-state index in [1.54, 1.807) is 25.1 Å². The second-order valence-electron chi connectivity index (χ2n) is 3.50. The Morgan fingerprint density at radius 3 is 2.69 bits per heavy atom. The van der Waals surface area contributed by atoms with Crippen LogP contribution in [0.1, 0.15) is 21.6 Å². The first-order valence-corrected chi connectivity index (χ1v) is 5.52. The maximum atomic E-state index is 12.9. The number of benzene rings is 1. The zero-order valence-corrected chi connectivity index (χ0v) is 10.1. The number of ketones is 1. The number of aryl methyl sites for hydroxylation is 1. The van der Waals surface area contributed by atoms with Gasteiger partial charge in [-0.1, -0.05) is 28.1 Å². The molecule has 0 saturated heterocycles. The number of rotatable bonds is 2. The molecule has 2 aromatic rings. The molecule has 2 nitrogen and oxygen atoms in total. The van der Waals surface area contributed by atoms with Crippen molar-refractivity contribution in [3.63, 3.8) is 0 Å². The molecule has 0 bridgehead atoms. The van der Waals surface area contributed by atoms with Crippen LogP contribution in [0.25, 0.3) is 0 Å². The van der Waals surface area contributed by atoms with E-state index in [2.05, 4.69) is 20.9 Å². The molecule has 0 aliphatic heterocycles. The van der Waals surface area contributed by atoms with E-state index >= 15 is 0 Å². The third kappa shape index (κ3) is 2.07. The molecule has 0 aliphatic rings. The van der Waals surface area contributed by atoms with Gasteiger partial charge < -0.3 is 4.98 Å². The van der Waals surface area contributed by atoms with Crippen LogP contribution in [0, 0.1) is 12.9 Å². The minimum Gasteiger partial charge on any atom is -0.335 e. The van der Waals surface area contributed by atoms with E-state index in [0.29, 0.717) is 16.8 Å². The van der Waals surface area contributed by atoms with Gasteiger partial charge in [-0.2, -0.15) is 4.39 Å². The van der Waals surface area contributed by atoms with Gasteiger partial charge in [0.1, 0.15) is 0 Å². The molecule has 0 fully saturated rings. The molecule has 82 valence electrons. The van der Waals surface area contributed by atoms with E-state index < -0.39 is 5.95 Å². The van der Waals surface area contributed by atoms with Crippen LogP contribution in [0.2, 0.25) is 0 Å². The number of hydrogen-bond acceptors (Lipinski definition) is 1. The molecule has 1 aromatic heterocycles. The summed E-state index contributed by atoms with van der Waals surface area (Å²) >= 11 is 3.29. The molecule has 0 atom stereocenters. The Balaban J connectivity index is 2.43. The zero-order chi connectivity index (χ0) is 11.7. The van der Waals surface area contributed by atoms with Gasteiger partial charge in [0, 0.05) is 27.4 Å². The molecule has 0 aliphatic carbocycles. The maximum Gasteiger partial charge on any atom is 0.194 e. The Labute approximate surface area is 101 Å². The van der Waals surface area contributed by atoms with E-state index in [4.69, 9.17) is 0 Å². The van der Waals surface area contributed by atoms with E-state index in [9.17, 15) is 9.18 Å².